The van der Waals surface area contributed by atoms with Crippen molar-refractivity contribution in [3.8, 4) is 0 Å². The van der Waals surface area contributed by atoms with Crippen LogP contribution >= 0.6 is 0 Å². The average molecular weight is 595 g/mol. The molecule has 4 unspecified atom stereocenters. The van der Waals surface area contributed by atoms with Crippen LogP contribution in [-0.2, 0) is 33.2 Å². The van der Waals surface area contributed by atoms with E-state index in [9.17, 15) is 24.9 Å². The van der Waals surface area contributed by atoms with Gasteiger partial charge in [-0.1, -0.05) is 43.3 Å². The molecule has 12 heteroatoms. The Kier molecular flexibility index (Phi) is 16.8. The van der Waals surface area contributed by atoms with E-state index in [1.54, 1.807) is 60.7 Å². The molecule has 0 amide bonds. The fraction of sp³-hybridized carbons (Fsp3) is 0.533. The lowest BCUT2D eigenvalue weighted by molar-refractivity contribution is -0.133. The molecule has 0 heterocycles. The van der Waals surface area contributed by atoms with Crippen LogP contribution in [0.1, 0.15) is 27.6 Å². The summed E-state index contributed by atoms with van der Waals surface area (Å²) in [6, 6.07) is 16.9. The van der Waals surface area contributed by atoms with Gasteiger partial charge in [-0.05, 0) is 24.3 Å². The molecule has 0 aliphatic carbocycles. The molecule has 0 saturated heterocycles. The van der Waals surface area contributed by atoms with Crippen LogP contribution in [0.5, 0.6) is 0 Å². The first-order valence-corrected chi connectivity index (χ1v) is 13.5. The molecule has 3 N–H and O–H groups in total. The minimum atomic E-state index is -1.05. The van der Waals surface area contributed by atoms with E-state index in [0.717, 1.165) is 0 Å². The number of hydrogen-bond donors (Lipinski definition) is 3. The first kappa shape index (κ1) is 35.3. The van der Waals surface area contributed by atoms with Crippen molar-refractivity contribution in [2.45, 2.75) is 25.2 Å². The van der Waals surface area contributed by atoms with Gasteiger partial charge in [0.05, 0.1) is 57.4 Å². The Morgan fingerprint density at radius 1 is 0.619 bits per heavy atom. The quantitative estimate of drug-likeness (QED) is 0.102. The Bertz CT molecular complexity index is 1010. The predicted molar refractivity (Wildman–Crippen MR) is 150 cm³/mol. The third-order valence-electron chi connectivity index (χ3n) is 5.64. The Balaban J connectivity index is 1.71. The average Bonchev–Trinajstić information content (AvgIpc) is 2.99. The minimum Gasteiger partial charge on any atom is -0.459 e. The molecule has 42 heavy (non-hydrogen) atoms. The number of aliphatic hydroxyl groups excluding tert-OH is 3. The van der Waals surface area contributed by atoms with Crippen LogP contribution in [0.15, 0.2) is 60.7 Å². The normalized spacial score (nSPS) is 14.9. The molecule has 0 spiro atoms. The van der Waals surface area contributed by atoms with E-state index in [1.165, 1.54) is 7.11 Å². The predicted octanol–water partition coefficient (Wildman–Crippen LogP) is 1.46. The van der Waals surface area contributed by atoms with Gasteiger partial charge in [0.2, 0.25) is 0 Å². The van der Waals surface area contributed by atoms with Gasteiger partial charge in [-0.3, -0.25) is 0 Å². The van der Waals surface area contributed by atoms with Gasteiger partial charge in [-0.2, -0.15) is 0 Å². The highest BCUT2D eigenvalue weighted by Crippen LogP contribution is 2.19. The van der Waals surface area contributed by atoms with Crippen molar-refractivity contribution in [3.63, 3.8) is 0 Å². The standard InChI is InChI=1S/C30H42O12/c1-30(19-37-14-25(31)13-36-2,20-38-15-26(32)17-41-28(34)23-9-5-3-6-10-23)21-40-22-39-16-27(33)18-42-29(35)24-11-7-4-8-12-24/h3-12,25-27,31-33H,13-22H2,1-2H3. The van der Waals surface area contributed by atoms with Crippen LogP contribution in [0.3, 0.4) is 0 Å². The van der Waals surface area contributed by atoms with Crippen LogP contribution in [0.4, 0.5) is 0 Å². The second-order valence-electron chi connectivity index (χ2n) is 10.0. The summed E-state index contributed by atoms with van der Waals surface area (Å²) >= 11 is 0. The summed E-state index contributed by atoms with van der Waals surface area (Å²) in [5.41, 5.74) is 0.0552. The second-order valence-corrected chi connectivity index (χ2v) is 10.0. The minimum absolute atomic E-state index is 0.0336. The fourth-order valence-corrected chi connectivity index (χ4v) is 3.53. The lowest BCUT2D eigenvalue weighted by Crippen LogP contribution is -2.37. The first-order valence-electron chi connectivity index (χ1n) is 13.5. The topological polar surface area (TPSA) is 159 Å². The molecule has 4 atom stereocenters. The van der Waals surface area contributed by atoms with Gasteiger partial charge in [-0.25, -0.2) is 9.59 Å². The van der Waals surface area contributed by atoms with Crippen molar-refractivity contribution < 1.29 is 58.1 Å². The van der Waals surface area contributed by atoms with E-state index in [2.05, 4.69) is 0 Å². The number of hydrogen-bond acceptors (Lipinski definition) is 12. The Morgan fingerprint density at radius 2 is 1.02 bits per heavy atom. The lowest BCUT2D eigenvalue weighted by Gasteiger charge is -2.29. The summed E-state index contributed by atoms with van der Waals surface area (Å²) < 4.78 is 37.4. The summed E-state index contributed by atoms with van der Waals surface area (Å²) in [5.74, 6) is -1.09. The molecule has 234 valence electrons. The van der Waals surface area contributed by atoms with Crippen molar-refractivity contribution in [2.24, 2.45) is 5.41 Å². The number of ether oxygens (including phenoxy) is 7. The highest BCUT2D eigenvalue weighted by Gasteiger charge is 2.27. The number of benzene rings is 2. The zero-order valence-electron chi connectivity index (χ0n) is 24.1. The molecule has 12 nitrogen and oxygen atoms in total. The van der Waals surface area contributed by atoms with Crippen LogP contribution in [0.2, 0.25) is 0 Å². The molecule has 0 saturated carbocycles. The molecule has 2 rings (SSSR count). The Morgan fingerprint density at radius 3 is 1.48 bits per heavy atom. The van der Waals surface area contributed by atoms with E-state index in [0.29, 0.717) is 11.1 Å². The van der Waals surface area contributed by atoms with Gasteiger partial charge in [0.1, 0.15) is 38.3 Å². The zero-order chi connectivity index (χ0) is 30.6. The van der Waals surface area contributed by atoms with E-state index in [1.807, 2.05) is 6.92 Å². The third kappa shape index (κ3) is 14.8. The second kappa shape index (κ2) is 20.1. The number of carbonyl (C=O) groups excluding carboxylic acids is 2. The number of rotatable bonds is 22. The maximum Gasteiger partial charge on any atom is 0.338 e. The van der Waals surface area contributed by atoms with Crippen molar-refractivity contribution in [3.05, 3.63) is 71.8 Å². The van der Waals surface area contributed by atoms with E-state index in [-0.39, 0.29) is 66.3 Å². The molecular formula is C30H42O12. The van der Waals surface area contributed by atoms with E-state index < -0.39 is 35.7 Å². The molecule has 0 aliphatic heterocycles. The van der Waals surface area contributed by atoms with Crippen molar-refractivity contribution in [2.75, 3.05) is 73.4 Å². The van der Waals surface area contributed by atoms with Crippen LogP contribution in [0.25, 0.3) is 0 Å². The Labute approximate surface area is 246 Å². The zero-order valence-corrected chi connectivity index (χ0v) is 24.1. The van der Waals surface area contributed by atoms with E-state index >= 15 is 0 Å². The molecule has 2 aromatic rings. The summed E-state index contributed by atoms with van der Waals surface area (Å²) in [6.07, 6.45) is -2.89. The molecular weight excluding hydrogens is 552 g/mol. The number of carbonyl (C=O) groups is 2. The first-order chi connectivity index (χ1) is 20.2. The maximum absolute atomic E-state index is 12.1. The van der Waals surface area contributed by atoms with Crippen LogP contribution < -0.4 is 0 Å². The molecule has 0 aliphatic rings. The van der Waals surface area contributed by atoms with E-state index in [4.69, 9.17) is 33.2 Å². The summed E-state index contributed by atoms with van der Waals surface area (Å²) in [4.78, 5) is 24.0. The van der Waals surface area contributed by atoms with Gasteiger partial charge in [0.15, 0.2) is 0 Å². The highest BCUT2D eigenvalue weighted by molar-refractivity contribution is 5.89. The number of methoxy groups -OCH3 is 1. The van der Waals surface area contributed by atoms with Crippen LogP contribution in [-0.4, -0.2) is 119 Å². The molecule has 0 bridgehead atoms. The van der Waals surface area contributed by atoms with Crippen molar-refractivity contribution in [1.82, 2.24) is 0 Å². The molecule has 0 fully saturated rings. The van der Waals surface area contributed by atoms with Gasteiger partial charge in [0, 0.05) is 12.5 Å². The van der Waals surface area contributed by atoms with Gasteiger partial charge in [0.25, 0.3) is 0 Å². The molecule has 0 aromatic heterocycles. The summed E-state index contributed by atoms with van der Waals surface area (Å²) in [5, 5.41) is 30.1. The SMILES string of the molecule is COCC(O)COCC(C)(COCOCC(O)COC(=O)c1ccccc1)COCC(O)COC(=O)c1ccccc1. The number of esters is 2. The smallest absolute Gasteiger partial charge is 0.338 e. The highest BCUT2D eigenvalue weighted by atomic mass is 16.7. The summed E-state index contributed by atoms with van der Waals surface area (Å²) in [7, 11) is 1.47. The van der Waals surface area contributed by atoms with Crippen molar-refractivity contribution in [1.29, 1.82) is 0 Å². The monoisotopic (exact) mass is 594 g/mol. The molecule has 2 aromatic carbocycles. The van der Waals surface area contributed by atoms with Crippen LogP contribution in [0, 0.1) is 5.41 Å². The van der Waals surface area contributed by atoms with Gasteiger partial charge in [-0.15, -0.1) is 0 Å². The lowest BCUT2D eigenvalue weighted by atomic mass is 9.94. The third-order valence-corrected chi connectivity index (χ3v) is 5.64. The molecule has 0 radical (unpaired) electrons. The van der Waals surface area contributed by atoms with Gasteiger partial charge >= 0.3 is 11.9 Å². The number of aliphatic hydroxyl groups is 3. The Hall–Kier alpha value is -2.94. The fourth-order valence-electron chi connectivity index (χ4n) is 3.53. The van der Waals surface area contributed by atoms with Gasteiger partial charge < -0.3 is 48.5 Å². The van der Waals surface area contributed by atoms with Crippen molar-refractivity contribution >= 4 is 11.9 Å². The maximum atomic E-state index is 12.1. The summed E-state index contributed by atoms with van der Waals surface area (Å²) in [6.45, 7) is 1.49. The largest absolute Gasteiger partial charge is 0.459 e.